The Bertz CT molecular complexity index is 539. The van der Waals surface area contributed by atoms with E-state index in [1.807, 2.05) is 24.3 Å². The third-order valence-electron chi connectivity index (χ3n) is 3.24. The van der Waals surface area contributed by atoms with E-state index in [2.05, 4.69) is 36.5 Å². The fourth-order valence-corrected chi connectivity index (χ4v) is 2.25. The Morgan fingerprint density at radius 3 is 2.55 bits per heavy atom. The lowest BCUT2D eigenvalue weighted by Crippen LogP contribution is -2.27. The summed E-state index contributed by atoms with van der Waals surface area (Å²) in [6.07, 6.45) is 0.987. The average Bonchev–Trinajstić information content (AvgIpc) is 2.48. The van der Waals surface area contributed by atoms with E-state index < -0.39 is 0 Å². The predicted molar refractivity (Wildman–Crippen MR) is 84.5 cm³/mol. The van der Waals surface area contributed by atoms with Gasteiger partial charge in [-0.25, -0.2) is 0 Å². The molecule has 0 saturated carbocycles. The van der Waals surface area contributed by atoms with E-state index in [0.717, 1.165) is 23.7 Å². The molecule has 3 heteroatoms. The smallest absolute Gasteiger partial charge is 0.119 e. The lowest BCUT2D eigenvalue weighted by Gasteiger charge is -2.14. The number of rotatable bonds is 6. The fraction of sp³-hybridized carbons (Fsp3) is 0.294. The average molecular weight is 290 g/mol. The van der Waals surface area contributed by atoms with Crippen LogP contribution in [0.25, 0.3) is 0 Å². The predicted octanol–water partition coefficient (Wildman–Crippen LogP) is 4.07. The van der Waals surface area contributed by atoms with Gasteiger partial charge in [0.05, 0.1) is 7.11 Å². The SMILES string of the molecule is COc1cccc(CNC(C)Cc2ccc(Cl)cc2)c1. The number of hydrogen-bond donors (Lipinski definition) is 1. The van der Waals surface area contributed by atoms with Crippen molar-refractivity contribution in [2.75, 3.05) is 7.11 Å². The van der Waals surface area contributed by atoms with Crippen LogP contribution in [0.3, 0.4) is 0 Å². The van der Waals surface area contributed by atoms with Crippen molar-refractivity contribution in [3.05, 3.63) is 64.7 Å². The molecule has 0 saturated heterocycles. The second-order valence-corrected chi connectivity index (χ2v) is 5.40. The highest BCUT2D eigenvalue weighted by Gasteiger charge is 2.04. The van der Waals surface area contributed by atoms with Gasteiger partial charge in [0.25, 0.3) is 0 Å². The largest absolute Gasteiger partial charge is 0.497 e. The number of benzene rings is 2. The molecule has 1 unspecified atom stereocenters. The molecule has 0 aromatic heterocycles. The Hall–Kier alpha value is -1.51. The van der Waals surface area contributed by atoms with Gasteiger partial charge in [-0.1, -0.05) is 35.9 Å². The number of nitrogens with one attached hydrogen (secondary N) is 1. The van der Waals surface area contributed by atoms with Gasteiger partial charge in [0.1, 0.15) is 5.75 Å². The monoisotopic (exact) mass is 289 g/mol. The maximum Gasteiger partial charge on any atom is 0.119 e. The van der Waals surface area contributed by atoms with Crippen molar-refractivity contribution in [3.8, 4) is 5.75 Å². The highest BCUT2D eigenvalue weighted by atomic mass is 35.5. The molecule has 2 rings (SSSR count). The molecule has 20 heavy (non-hydrogen) atoms. The van der Waals surface area contributed by atoms with Gasteiger partial charge >= 0.3 is 0 Å². The third kappa shape index (κ3) is 4.55. The van der Waals surface area contributed by atoms with Crippen LogP contribution in [0, 0.1) is 0 Å². The van der Waals surface area contributed by atoms with E-state index in [1.54, 1.807) is 7.11 Å². The molecule has 2 aromatic carbocycles. The molecule has 106 valence electrons. The van der Waals surface area contributed by atoms with Crippen LogP contribution in [0.5, 0.6) is 5.75 Å². The number of methoxy groups -OCH3 is 1. The molecule has 0 fully saturated rings. The molecule has 0 aliphatic heterocycles. The van der Waals surface area contributed by atoms with Crippen molar-refractivity contribution in [2.24, 2.45) is 0 Å². The zero-order valence-electron chi connectivity index (χ0n) is 11.9. The summed E-state index contributed by atoms with van der Waals surface area (Å²) >= 11 is 5.89. The second-order valence-electron chi connectivity index (χ2n) is 4.96. The van der Waals surface area contributed by atoms with Crippen LogP contribution < -0.4 is 10.1 Å². The van der Waals surface area contributed by atoms with E-state index in [0.29, 0.717) is 6.04 Å². The number of halogens is 1. The summed E-state index contributed by atoms with van der Waals surface area (Å²) in [7, 11) is 1.69. The number of hydrogen-bond acceptors (Lipinski definition) is 2. The molecule has 0 aliphatic rings. The topological polar surface area (TPSA) is 21.3 Å². The normalized spacial score (nSPS) is 12.2. The summed E-state index contributed by atoms with van der Waals surface area (Å²) in [5.41, 5.74) is 2.52. The van der Waals surface area contributed by atoms with Crippen molar-refractivity contribution in [1.82, 2.24) is 5.32 Å². The Morgan fingerprint density at radius 1 is 1.10 bits per heavy atom. The first-order chi connectivity index (χ1) is 9.67. The molecule has 2 aromatic rings. The van der Waals surface area contributed by atoms with Crippen molar-refractivity contribution >= 4 is 11.6 Å². The van der Waals surface area contributed by atoms with E-state index in [1.165, 1.54) is 11.1 Å². The highest BCUT2D eigenvalue weighted by Crippen LogP contribution is 2.13. The molecular formula is C17H20ClNO. The summed E-state index contributed by atoms with van der Waals surface area (Å²) < 4.78 is 5.23. The summed E-state index contributed by atoms with van der Waals surface area (Å²) in [4.78, 5) is 0. The van der Waals surface area contributed by atoms with Crippen LogP contribution in [0.2, 0.25) is 5.02 Å². The molecule has 2 nitrogen and oxygen atoms in total. The minimum absolute atomic E-state index is 0.405. The van der Waals surface area contributed by atoms with Crippen molar-refractivity contribution in [1.29, 1.82) is 0 Å². The van der Waals surface area contributed by atoms with E-state index >= 15 is 0 Å². The molecular weight excluding hydrogens is 270 g/mol. The Labute approximate surface area is 125 Å². The van der Waals surface area contributed by atoms with Gasteiger partial charge in [-0.05, 0) is 48.7 Å². The molecule has 0 radical (unpaired) electrons. The van der Waals surface area contributed by atoms with Gasteiger partial charge in [0.15, 0.2) is 0 Å². The van der Waals surface area contributed by atoms with Crippen LogP contribution in [0.1, 0.15) is 18.1 Å². The van der Waals surface area contributed by atoms with Gasteiger partial charge in [-0.2, -0.15) is 0 Å². The zero-order valence-corrected chi connectivity index (χ0v) is 12.7. The lowest BCUT2D eigenvalue weighted by atomic mass is 10.1. The number of ether oxygens (including phenoxy) is 1. The maximum atomic E-state index is 5.89. The maximum absolute atomic E-state index is 5.89. The van der Waals surface area contributed by atoms with Crippen LogP contribution in [0.15, 0.2) is 48.5 Å². The molecule has 0 spiro atoms. The standard InChI is InChI=1S/C17H20ClNO/c1-13(10-14-6-8-16(18)9-7-14)19-12-15-4-3-5-17(11-15)20-2/h3-9,11,13,19H,10,12H2,1-2H3. The second kappa shape index (κ2) is 7.32. The van der Waals surface area contributed by atoms with Gasteiger partial charge in [-0.3, -0.25) is 0 Å². The van der Waals surface area contributed by atoms with Crippen LogP contribution >= 0.6 is 11.6 Å². The van der Waals surface area contributed by atoms with Crippen LogP contribution in [-0.4, -0.2) is 13.2 Å². The summed E-state index contributed by atoms with van der Waals surface area (Å²) in [6, 6.07) is 16.6. The van der Waals surface area contributed by atoms with Gasteiger partial charge < -0.3 is 10.1 Å². The van der Waals surface area contributed by atoms with Crippen LogP contribution in [0.4, 0.5) is 0 Å². The van der Waals surface area contributed by atoms with Gasteiger partial charge in [0, 0.05) is 17.6 Å². The first-order valence-corrected chi connectivity index (χ1v) is 7.16. The summed E-state index contributed by atoms with van der Waals surface area (Å²) in [6.45, 7) is 3.03. The van der Waals surface area contributed by atoms with E-state index in [-0.39, 0.29) is 0 Å². The quantitative estimate of drug-likeness (QED) is 0.865. The van der Waals surface area contributed by atoms with Crippen molar-refractivity contribution < 1.29 is 4.74 Å². The van der Waals surface area contributed by atoms with Crippen molar-refractivity contribution in [3.63, 3.8) is 0 Å². The van der Waals surface area contributed by atoms with Gasteiger partial charge in [0.2, 0.25) is 0 Å². The molecule has 1 atom stereocenters. The molecule has 0 aliphatic carbocycles. The Balaban J connectivity index is 1.85. The zero-order chi connectivity index (χ0) is 14.4. The minimum Gasteiger partial charge on any atom is -0.497 e. The Kier molecular flexibility index (Phi) is 5.45. The highest BCUT2D eigenvalue weighted by molar-refractivity contribution is 6.30. The van der Waals surface area contributed by atoms with E-state index in [9.17, 15) is 0 Å². The first-order valence-electron chi connectivity index (χ1n) is 6.78. The van der Waals surface area contributed by atoms with Gasteiger partial charge in [-0.15, -0.1) is 0 Å². The van der Waals surface area contributed by atoms with Crippen molar-refractivity contribution in [2.45, 2.75) is 25.9 Å². The third-order valence-corrected chi connectivity index (χ3v) is 3.50. The molecule has 0 heterocycles. The first kappa shape index (κ1) is 14.9. The van der Waals surface area contributed by atoms with E-state index in [4.69, 9.17) is 16.3 Å². The summed E-state index contributed by atoms with van der Waals surface area (Å²) in [5, 5.41) is 4.31. The lowest BCUT2D eigenvalue weighted by molar-refractivity contribution is 0.414. The fourth-order valence-electron chi connectivity index (χ4n) is 2.12. The molecule has 0 amide bonds. The Morgan fingerprint density at radius 2 is 1.85 bits per heavy atom. The van der Waals surface area contributed by atoms with Crippen LogP contribution in [-0.2, 0) is 13.0 Å². The minimum atomic E-state index is 0.405. The molecule has 1 N–H and O–H groups in total. The molecule has 0 bridgehead atoms. The summed E-state index contributed by atoms with van der Waals surface area (Å²) in [5.74, 6) is 0.898.